The Morgan fingerprint density at radius 1 is 0.625 bits per heavy atom. The zero-order chi connectivity index (χ0) is 22.9. The molecule has 0 nitrogen and oxygen atoms in total. The summed E-state index contributed by atoms with van der Waals surface area (Å²) in [6, 6.07) is 27.6. The van der Waals surface area contributed by atoms with E-state index in [4.69, 9.17) is 0 Å². The van der Waals surface area contributed by atoms with Crippen LogP contribution in [0.1, 0.15) is 34.7 Å². The molecule has 0 fully saturated rings. The van der Waals surface area contributed by atoms with E-state index >= 15 is 0 Å². The van der Waals surface area contributed by atoms with E-state index in [9.17, 15) is 0 Å². The number of hydrogen-bond acceptors (Lipinski definition) is 0. The second-order valence-corrected chi connectivity index (χ2v) is 7.58. The Hall–Kier alpha value is -3.90. The zero-order valence-corrected chi connectivity index (χ0v) is 19.0. The average molecular weight is 415 g/mol. The van der Waals surface area contributed by atoms with Crippen LogP contribution in [0.2, 0.25) is 0 Å². The second kappa shape index (κ2) is 10.9. The summed E-state index contributed by atoms with van der Waals surface area (Å²) >= 11 is 0. The van der Waals surface area contributed by atoms with Gasteiger partial charge in [0.2, 0.25) is 0 Å². The Morgan fingerprint density at radius 3 is 1.91 bits per heavy atom. The molecule has 0 aliphatic rings. The molecular weight excluding hydrogens is 384 g/mol. The molecule has 0 saturated carbocycles. The van der Waals surface area contributed by atoms with Crippen LogP contribution in [0.15, 0.2) is 105 Å². The third-order valence-electron chi connectivity index (χ3n) is 5.45. The van der Waals surface area contributed by atoms with Crippen LogP contribution in [0.5, 0.6) is 0 Å². The maximum atomic E-state index is 4.16. The van der Waals surface area contributed by atoms with Gasteiger partial charge in [-0.15, -0.1) is 0 Å². The van der Waals surface area contributed by atoms with Crippen LogP contribution in [-0.4, -0.2) is 0 Å². The highest BCUT2D eigenvalue weighted by Gasteiger charge is 2.12. The van der Waals surface area contributed by atoms with Crippen molar-refractivity contribution >= 4 is 24.3 Å². The fourth-order valence-corrected chi connectivity index (χ4v) is 3.82. The van der Waals surface area contributed by atoms with Crippen LogP contribution in [-0.2, 0) is 0 Å². The highest BCUT2D eigenvalue weighted by molar-refractivity contribution is 5.91. The maximum Gasteiger partial charge on any atom is -0.00270 e. The summed E-state index contributed by atoms with van der Waals surface area (Å²) in [6.07, 6.45) is 9.91. The van der Waals surface area contributed by atoms with Crippen LogP contribution in [0.4, 0.5) is 0 Å². The molecule has 3 rings (SSSR count). The van der Waals surface area contributed by atoms with Gasteiger partial charge in [0.1, 0.15) is 0 Å². The lowest BCUT2D eigenvalue weighted by molar-refractivity contribution is 1.46. The quantitative estimate of drug-likeness (QED) is 0.377. The third-order valence-corrected chi connectivity index (χ3v) is 5.45. The van der Waals surface area contributed by atoms with Gasteiger partial charge in [0.15, 0.2) is 0 Å². The predicted octanol–water partition coefficient (Wildman–Crippen LogP) is 9.42. The van der Waals surface area contributed by atoms with Crippen molar-refractivity contribution in [2.75, 3.05) is 0 Å². The van der Waals surface area contributed by atoms with E-state index in [2.05, 4.69) is 99.5 Å². The van der Waals surface area contributed by atoms with Crippen molar-refractivity contribution in [2.24, 2.45) is 0 Å². The second-order valence-electron chi connectivity index (χ2n) is 7.58. The molecule has 158 valence electrons. The predicted molar refractivity (Wildman–Crippen MR) is 145 cm³/mol. The summed E-state index contributed by atoms with van der Waals surface area (Å²) in [5.74, 6) is 0. The van der Waals surface area contributed by atoms with Crippen LogP contribution in [0.3, 0.4) is 0 Å². The van der Waals surface area contributed by atoms with Gasteiger partial charge < -0.3 is 0 Å². The van der Waals surface area contributed by atoms with Crippen molar-refractivity contribution in [2.45, 2.75) is 13.8 Å². The normalized spacial score (nSPS) is 10.4. The van der Waals surface area contributed by atoms with Crippen molar-refractivity contribution < 1.29 is 0 Å². The largest absolute Gasteiger partial charge is 0.0984 e. The van der Waals surface area contributed by atoms with Gasteiger partial charge in [-0.2, -0.15) is 0 Å². The standard InChI is InChI=1S/C32H30/c1-6-14-28-23-29(22-21-25(28)7-2)31-16-13-11-10-12-15-26(8-3)30(9-4)32(31)27-19-17-24(5)18-20-27/h6-23H,2-4H2,1,5H3/b11-10?,12-10?,13-11?,14-6-,15-12?,16-13?,26-15?,30-26?,31-16?,32-30?,32-31?. The molecule has 0 aliphatic heterocycles. The van der Waals surface area contributed by atoms with E-state index in [1.54, 1.807) is 0 Å². The Labute approximate surface area is 192 Å². The molecule has 0 saturated heterocycles. The van der Waals surface area contributed by atoms with Gasteiger partial charge in [0, 0.05) is 0 Å². The first-order chi connectivity index (χ1) is 15.6. The van der Waals surface area contributed by atoms with Crippen LogP contribution in [0, 0.1) is 6.92 Å². The molecular formula is C32H30. The molecule has 0 aliphatic carbocycles. The topological polar surface area (TPSA) is 0 Å². The lowest BCUT2D eigenvalue weighted by atomic mass is 9.88. The number of benzene rings is 2. The van der Waals surface area contributed by atoms with Gasteiger partial charge in [0.05, 0.1) is 0 Å². The van der Waals surface area contributed by atoms with Crippen molar-refractivity contribution in [3.05, 3.63) is 132 Å². The minimum atomic E-state index is 1.03. The molecule has 3 aromatic carbocycles. The number of rotatable bonds is 6. The summed E-state index contributed by atoms with van der Waals surface area (Å²) in [5.41, 5.74) is 10.1. The van der Waals surface area contributed by atoms with E-state index in [1.807, 2.05) is 43.4 Å². The van der Waals surface area contributed by atoms with E-state index in [-0.39, 0.29) is 0 Å². The third kappa shape index (κ3) is 5.04. The van der Waals surface area contributed by atoms with Gasteiger partial charge in [-0.05, 0) is 64.4 Å². The van der Waals surface area contributed by atoms with Gasteiger partial charge >= 0.3 is 0 Å². The summed E-state index contributed by atoms with van der Waals surface area (Å²) in [5, 5.41) is 0. The molecule has 0 radical (unpaired) electrons. The van der Waals surface area contributed by atoms with Crippen molar-refractivity contribution in [1.82, 2.24) is 0 Å². The molecule has 0 N–H and O–H groups in total. The highest BCUT2D eigenvalue weighted by Crippen LogP contribution is 2.37. The number of allylic oxidation sites excluding steroid dienone is 1. The van der Waals surface area contributed by atoms with Gasteiger partial charge in [-0.3, -0.25) is 0 Å². The minimum Gasteiger partial charge on any atom is -0.0984 e. The fourth-order valence-electron chi connectivity index (χ4n) is 3.82. The molecule has 0 spiro atoms. The van der Waals surface area contributed by atoms with Crippen molar-refractivity contribution in [1.29, 1.82) is 0 Å². The molecule has 32 heavy (non-hydrogen) atoms. The summed E-state index contributed by atoms with van der Waals surface area (Å²) in [4.78, 5) is 0. The van der Waals surface area contributed by atoms with Gasteiger partial charge in [-0.1, -0.05) is 128 Å². The van der Waals surface area contributed by atoms with Crippen molar-refractivity contribution in [3.63, 3.8) is 0 Å². The molecule has 0 bridgehead atoms. The molecule has 0 amide bonds. The fraction of sp³-hybridized carbons (Fsp3) is 0.0625. The molecule has 3 aromatic rings. The number of aryl methyl sites for hydroxylation is 1. The zero-order valence-electron chi connectivity index (χ0n) is 19.0. The van der Waals surface area contributed by atoms with E-state index < -0.39 is 0 Å². The minimum absolute atomic E-state index is 1.03. The van der Waals surface area contributed by atoms with E-state index in [0.29, 0.717) is 0 Å². The lowest BCUT2D eigenvalue weighted by Gasteiger charge is -2.15. The SMILES string of the molecule is C=Cc1ccc(-c2ccccccc(C=C)c(C=C)c2-c2ccc(C)cc2)cc1/C=C\C. The summed E-state index contributed by atoms with van der Waals surface area (Å²) < 4.78 is 0. The Kier molecular flexibility index (Phi) is 7.78. The first-order valence-electron chi connectivity index (χ1n) is 10.8. The Morgan fingerprint density at radius 2 is 1.28 bits per heavy atom. The molecule has 0 heterocycles. The van der Waals surface area contributed by atoms with Gasteiger partial charge in [-0.25, -0.2) is 0 Å². The average Bonchev–Trinajstić information content (AvgIpc) is 2.82. The first-order valence-corrected chi connectivity index (χ1v) is 10.8. The highest BCUT2D eigenvalue weighted by atomic mass is 14.2. The van der Waals surface area contributed by atoms with Crippen molar-refractivity contribution in [3.8, 4) is 22.3 Å². The van der Waals surface area contributed by atoms with E-state index in [0.717, 1.165) is 44.5 Å². The summed E-state index contributed by atoms with van der Waals surface area (Å²) in [7, 11) is 0. The number of hydrogen-bond donors (Lipinski definition) is 0. The monoisotopic (exact) mass is 414 g/mol. The molecule has 0 heteroatoms. The van der Waals surface area contributed by atoms with Crippen LogP contribution < -0.4 is 0 Å². The molecule has 0 atom stereocenters. The lowest BCUT2D eigenvalue weighted by Crippen LogP contribution is -1.91. The summed E-state index contributed by atoms with van der Waals surface area (Å²) in [6.45, 7) is 16.3. The van der Waals surface area contributed by atoms with E-state index in [1.165, 1.54) is 5.56 Å². The molecule has 0 unspecified atom stereocenters. The maximum absolute atomic E-state index is 4.16. The Balaban J connectivity index is 2.53. The Bertz CT molecular complexity index is 1220. The molecule has 0 aromatic heterocycles. The smallest absolute Gasteiger partial charge is 0.00270 e. The van der Waals surface area contributed by atoms with Gasteiger partial charge in [0.25, 0.3) is 0 Å². The van der Waals surface area contributed by atoms with Crippen LogP contribution in [0.25, 0.3) is 46.6 Å². The first kappa shape index (κ1) is 22.8. The van der Waals surface area contributed by atoms with Crippen LogP contribution >= 0.6 is 0 Å².